The van der Waals surface area contributed by atoms with E-state index < -0.39 is 5.97 Å². The molecule has 0 radical (unpaired) electrons. The molecule has 0 spiro atoms. The van der Waals surface area contributed by atoms with Crippen LogP contribution in [0.15, 0.2) is 36.7 Å². The molecule has 1 atom stereocenters. The monoisotopic (exact) mass is 342 g/mol. The normalized spacial score (nSPS) is 11.7. The molecule has 2 aromatic rings. The zero-order chi connectivity index (χ0) is 18.6. The van der Waals surface area contributed by atoms with Crippen LogP contribution in [-0.4, -0.2) is 47.1 Å². The number of para-hydroxylation sites is 1. The van der Waals surface area contributed by atoms with Crippen molar-refractivity contribution in [2.45, 2.75) is 26.3 Å². The summed E-state index contributed by atoms with van der Waals surface area (Å²) in [5, 5.41) is 9.19. The third-order valence-corrected chi connectivity index (χ3v) is 4.37. The van der Waals surface area contributed by atoms with Crippen molar-refractivity contribution in [1.29, 1.82) is 0 Å². The summed E-state index contributed by atoms with van der Waals surface area (Å²) in [6, 6.07) is 7.57. The molecular formula is C19H22N2O4. The van der Waals surface area contributed by atoms with E-state index in [1.165, 1.54) is 12.4 Å². The van der Waals surface area contributed by atoms with Crippen LogP contribution in [-0.2, 0) is 6.42 Å². The van der Waals surface area contributed by atoms with Gasteiger partial charge in [0, 0.05) is 25.5 Å². The average Bonchev–Trinajstić information content (AvgIpc) is 2.60. The van der Waals surface area contributed by atoms with Crippen LogP contribution in [0.2, 0.25) is 0 Å². The molecule has 2 rings (SSSR count). The first kappa shape index (κ1) is 18.4. The smallest absolute Gasteiger partial charge is 0.337 e. The van der Waals surface area contributed by atoms with E-state index in [4.69, 9.17) is 4.74 Å². The molecule has 1 unspecified atom stereocenters. The number of likely N-dealkylation sites (N-methyl/N-ethyl adjacent to an activating group) is 1. The number of benzene rings is 1. The van der Waals surface area contributed by atoms with E-state index in [-0.39, 0.29) is 17.5 Å². The molecule has 1 amide bonds. The van der Waals surface area contributed by atoms with Gasteiger partial charge in [0.1, 0.15) is 5.75 Å². The maximum absolute atomic E-state index is 12.8. The first-order valence-electron chi connectivity index (χ1n) is 7.93. The van der Waals surface area contributed by atoms with Crippen LogP contribution in [0.1, 0.15) is 38.8 Å². The fourth-order valence-corrected chi connectivity index (χ4v) is 2.67. The maximum Gasteiger partial charge on any atom is 0.337 e. The van der Waals surface area contributed by atoms with Crippen LogP contribution in [0.5, 0.6) is 5.75 Å². The SMILES string of the molecule is COc1ccccc1CC(C)N(C)C(=O)c1cncc(C(=O)O)c1C. The van der Waals surface area contributed by atoms with Crippen LogP contribution < -0.4 is 4.74 Å². The highest BCUT2D eigenvalue weighted by molar-refractivity contribution is 5.99. The van der Waals surface area contributed by atoms with Crippen molar-refractivity contribution in [3.05, 3.63) is 58.9 Å². The van der Waals surface area contributed by atoms with Crippen LogP contribution in [0, 0.1) is 6.92 Å². The van der Waals surface area contributed by atoms with E-state index in [0.29, 0.717) is 17.5 Å². The molecule has 0 saturated carbocycles. The van der Waals surface area contributed by atoms with Gasteiger partial charge in [-0.3, -0.25) is 9.78 Å². The Morgan fingerprint density at radius 1 is 1.24 bits per heavy atom. The van der Waals surface area contributed by atoms with Crippen molar-refractivity contribution in [1.82, 2.24) is 9.88 Å². The molecule has 1 N–H and O–H groups in total. The van der Waals surface area contributed by atoms with Gasteiger partial charge in [-0.1, -0.05) is 18.2 Å². The molecule has 0 fully saturated rings. The highest BCUT2D eigenvalue weighted by Crippen LogP contribution is 2.21. The Labute approximate surface area is 147 Å². The van der Waals surface area contributed by atoms with E-state index in [2.05, 4.69) is 4.98 Å². The number of carbonyl (C=O) groups excluding carboxylic acids is 1. The van der Waals surface area contributed by atoms with Crippen molar-refractivity contribution in [2.24, 2.45) is 0 Å². The first-order valence-corrected chi connectivity index (χ1v) is 7.93. The number of carbonyl (C=O) groups is 2. The van der Waals surface area contributed by atoms with E-state index >= 15 is 0 Å². The lowest BCUT2D eigenvalue weighted by molar-refractivity contribution is 0.0695. The summed E-state index contributed by atoms with van der Waals surface area (Å²) in [4.78, 5) is 29.5. The minimum Gasteiger partial charge on any atom is -0.496 e. The highest BCUT2D eigenvalue weighted by Gasteiger charge is 2.23. The number of carboxylic acids is 1. The van der Waals surface area contributed by atoms with Gasteiger partial charge in [-0.15, -0.1) is 0 Å². The molecule has 1 heterocycles. The number of ether oxygens (including phenoxy) is 1. The van der Waals surface area contributed by atoms with Gasteiger partial charge in [0.2, 0.25) is 0 Å². The molecule has 0 aliphatic heterocycles. The van der Waals surface area contributed by atoms with Gasteiger partial charge in [-0.05, 0) is 37.5 Å². The molecule has 0 saturated heterocycles. The molecule has 1 aromatic carbocycles. The van der Waals surface area contributed by atoms with Crippen LogP contribution in [0.3, 0.4) is 0 Å². The van der Waals surface area contributed by atoms with Gasteiger partial charge in [0.05, 0.1) is 18.2 Å². The summed E-state index contributed by atoms with van der Waals surface area (Å²) in [7, 11) is 3.32. The molecule has 6 heteroatoms. The van der Waals surface area contributed by atoms with Crippen molar-refractivity contribution in [3.8, 4) is 5.75 Å². The second kappa shape index (κ2) is 7.79. The van der Waals surface area contributed by atoms with Gasteiger partial charge < -0.3 is 14.7 Å². The molecular weight excluding hydrogens is 320 g/mol. The second-order valence-electron chi connectivity index (χ2n) is 5.95. The van der Waals surface area contributed by atoms with Crippen molar-refractivity contribution in [2.75, 3.05) is 14.2 Å². The van der Waals surface area contributed by atoms with Gasteiger partial charge in [-0.2, -0.15) is 0 Å². The Bertz CT molecular complexity index is 789. The number of rotatable bonds is 6. The fourth-order valence-electron chi connectivity index (χ4n) is 2.67. The zero-order valence-corrected chi connectivity index (χ0v) is 14.8. The molecule has 0 aliphatic rings. The van der Waals surface area contributed by atoms with E-state index in [1.54, 1.807) is 26.0 Å². The number of pyridine rings is 1. The molecule has 132 valence electrons. The lowest BCUT2D eigenvalue weighted by Gasteiger charge is -2.26. The Balaban J connectivity index is 2.22. The standard InChI is InChI=1S/C19H22N2O4/c1-12(9-14-7-5-6-8-17(14)25-4)21(3)18(22)15-10-20-11-16(13(15)2)19(23)24/h5-8,10-12H,9H2,1-4H3,(H,23,24). The minimum absolute atomic E-state index is 0.0385. The Kier molecular flexibility index (Phi) is 5.75. The fraction of sp³-hybridized carbons (Fsp3) is 0.316. The summed E-state index contributed by atoms with van der Waals surface area (Å²) >= 11 is 0. The predicted molar refractivity (Wildman–Crippen MR) is 94.2 cm³/mol. The van der Waals surface area contributed by atoms with Crippen LogP contribution >= 0.6 is 0 Å². The lowest BCUT2D eigenvalue weighted by atomic mass is 10.0. The molecule has 6 nitrogen and oxygen atoms in total. The third kappa shape index (κ3) is 3.96. The van der Waals surface area contributed by atoms with Gasteiger partial charge in [-0.25, -0.2) is 4.79 Å². The van der Waals surface area contributed by atoms with Crippen LogP contribution in [0.25, 0.3) is 0 Å². The quantitative estimate of drug-likeness (QED) is 0.873. The zero-order valence-electron chi connectivity index (χ0n) is 14.8. The van der Waals surface area contributed by atoms with Gasteiger partial charge in [0.25, 0.3) is 5.91 Å². The van der Waals surface area contributed by atoms with Gasteiger partial charge in [0.15, 0.2) is 0 Å². The number of hydrogen-bond acceptors (Lipinski definition) is 4. The topological polar surface area (TPSA) is 79.7 Å². The Hall–Kier alpha value is -2.89. The summed E-state index contributed by atoms with van der Waals surface area (Å²) in [5.74, 6) is -0.569. The largest absolute Gasteiger partial charge is 0.496 e. The number of hydrogen-bond donors (Lipinski definition) is 1. The Morgan fingerprint density at radius 3 is 2.52 bits per heavy atom. The number of aromatic nitrogens is 1. The van der Waals surface area contributed by atoms with Crippen LogP contribution in [0.4, 0.5) is 0 Å². The number of carboxylic acid groups (broad SMARTS) is 1. The van der Waals surface area contributed by atoms with Crippen molar-refractivity contribution in [3.63, 3.8) is 0 Å². The van der Waals surface area contributed by atoms with Gasteiger partial charge >= 0.3 is 5.97 Å². The number of nitrogens with zero attached hydrogens (tertiary/aromatic N) is 2. The van der Waals surface area contributed by atoms with E-state index in [1.807, 2.05) is 31.2 Å². The third-order valence-electron chi connectivity index (χ3n) is 4.37. The number of amides is 1. The second-order valence-corrected chi connectivity index (χ2v) is 5.95. The minimum atomic E-state index is -1.09. The molecule has 0 aliphatic carbocycles. The molecule has 25 heavy (non-hydrogen) atoms. The first-order chi connectivity index (χ1) is 11.9. The van der Waals surface area contributed by atoms with E-state index in [9.17, 15) is 14.7 Å². The van der Waals surface area contributed by atoms with E-state index in [0.717, 1.165) is 11.3 Å². The maximum atomic E-state index is 12.8. The predicted octanol–water partition coefficient (Wildman–Crippen LogP) is 2.80. The van der Waals surface area contributed by atoms with Crippen molar-refractivity contribution < 1.29 is 19.4 Å². The average molecular weight is 342 g/mol. The summed E-state index contributed by atoms with van der Waals surface area (Å²) in [6.07, 6.45) is 3.29. The number of methoxy groups -OCH3 is 1. The Morgan fingerprint density at radius 2 is 1.88 bits per heavy atom. The summed E-state index contributed by atoms with van der Waals surface area (Å²) in [5.41, 5.74) is 1.76. The molecule has 0 bridgehead atoms. The van der Waals surface area contributed by atoms with Crippen molar-refractivity contribution >= 4 is 11.9 Å². The highest BCUT2D eigenvalue weighted by atomic mass is 16.5. The number of aromatic carboxylic acids is 1. The molecule has 1 aromatic heterocycles. The lowest BCUT2D eigenvalue weighted by Crippen LogP contribution is -2.37. The summed E-state index contributed by atoms with van der Waals surface area (Å²) < 4.78 is 5.35. The summed E-state index contributed by atoms with van der Waals surface area (Å²) in [6.45, 7) is 3.56.